The molecule has 0 aromatic heterocycles. The normalized spacial score (nSPS) is 10.4. The number of rotatable bonds is 7. The summed E-state index contributed by atoms with van der Waals surface area (Å²) in [6, 6.07) is 4.93. The quantitative estimate of drug-likeness (QED) is 0.718. The monoisotopic (exact) mass is 227 g/mol. The average Bonchev–Trinajstić information content (AvgIpc) is 2.30. The van der Waals surface area contributed by atoms with Gasteiger partial charge in [0.25, 0.3) is 0 Å². The number of benzene rings is 1. The van der Waals surface area contributed by atoms with Crippen molar-refractivity contribution in [1.29, 1.82) is 0 Å². The molecular formula is C12H18FNO2. The molecule has 0 radical (unpaired) electrons. The summed E-state index contributed by atoms with van der Waals surface area (Å²) in [5.41, 5.74) is 0.700. The third-order valence-electron chi connectivity index (χ3n) is 2.31. The van der Waals surface area contributed by atoms with E-state index in [1.165, 1.54) is 13.2 Å². The third kappa shape index (κ3) is 4.16. The van der Waals surface area contributed by atoms with Crippen molar-refractivity contribution in [2.75, 3.05) is 33.9 Å². The minimum absolute atomic E-state index is 0.215. The second-order valence-electron chi connectivity index (χ2n) is 3.45. The first-order valence-electron chi connectivity index (χ1n) is 5.30. The first-order chi connectivity index (χ1) is 7.77. The molecule has 0 aliphatic rings. The molecule has 1 aromatic rings. The first-order valence-corrected chi connectivity index (χ1v) is 5.30. The summed E-state index contributed by atoms with van der Waals surface area (Å²) in [6.07, 6.45) is 0.666. The molecule has 4 heteroatoms. The molecule has 0 unspecified atom stereocenters. The van der Waals surface area contributed by atoms with Gasteiger partial charge in [0.1, 0.15) is 11.6 Å². The largest absolute Gasteiger partial charge is 0.497 e. The molecule has 0 amide bonds. The van der Waals surface area contributed by atoms with E-state index in [2.05, 4.69) is 5.32 Å². The van der Waals surface area contributed by atoms with Gasteiger partial charge in [-0.1, -0.05) is 6.07 Å². The Hall–Kier alpha value is -1.13. The summed E-state index contributed by atoms with van der Waals surface area (Å²) in [4.78, 5) is 0. The number of ether oxygens (including phenoxy) is 2. The van der Waals surface area contributed by atoms with E-state index in [1.807, 2.05) is 0 Å². The minimum atomic E-state index is -0.215. The smallest absolute Gasteiger partial charge is 0.130 e. The van der Waals surface area contributed by atoms with Crippen molar-refractivity contribution in [3.05, 3.63) is 29.6 Å². The van der Waals surface area contributed by atoms with Crippen molar-refractivity contribution in [2.45, 2.75) is 6.42 Å². The van der Waals surface area contributed by atoms with E-state index >= 15 is 0 Å². The molecule has 90 valence electrons. The molecule has 1 rings (SSSR count). The van der Waals surface area contributed by atoms with Crippen molar-refractivity contribution in [1.82, 2.24) is 5.32 Å². The van der Waals surface area contributed by atoms with Gasteiger partial charge in [-0.3, -0.25) is 0 Å². The SMILES string of the molecule is COCCNCCc1ccc(OC)cc1F. The Labute approximate surface area is 95.6 Å². The molecule has 0 spiro atoms. The summed E-state index contributed by atoms with van der Waals surface area (Å²) >= 11 is 0. The summed E-state index contributed by atoms with van der Waals surface area (Å²) in [5.74, 6) is 0.335. The van der Waals surface area contributed by atoms with Crippen LogP contribution in [-0.4, -0.2) is 33.9 Å². The van der Waals surface area contributed by atoms with Gasteiger partial charge in [-0.25, -0.2) is 4.39 Å². The molecule has 0 atom stereocenters. The second-order valence-corrected chi connectivity index (χ2v) is 3.45. The fourth-order valence-corrected chi connectivity index (χ4v) is 1.38. The zero-order valence-corrected chi connectivity index (χ0v) is 9.75. The van der Waals surface area contributed by atoms with Crippen LogP contribution in [0, 0.1) is 5.82 Å². The van der Waals surface area contributed by atoms with Gasteiger partial charge in [0.2, 0.25) is 0 Å². The topological polar surface area (TPSA) is 30.5 Å². The van der Waals surface area contributed by atoms with Crippen LogP contribution in [0.2, 0.25) is 0 Å². The van der Waals surface area contributed by atoms with E-state index in [4.69, 9.17) is 9.47 Å². The van der Waals surface area contributed by atoms with Gasteiger partial charge < -0.3 is 14.8 Å². The zero-order valence-electron chi connectivity index (χ0n) is 9.75. The highest BCUT2D eigenvalue weighted by atomic mass is 19.1. The highest BCUT2D eigenvalue weighted by Gasteiger charge is 2.03. The van der Waals surface area contributed by atoms with E-state index in [1.54, 1.807) is 19.2 Å². The lowest BCUT2D eigenvalue weighted by atomic mass is 10.1. The Morgan fingerprint density at radius 2 is 2.06 bits per heavy atom. The van der Waals surface area contributed by atoms with Crippen LogP contribution in [0.25, 0.3) is 0 Å². The van der Waals surface area contributed by atoms with Crippen molar-refractivity contribution >= 4 is 0 Å². The Morgan fingerprint density at radius 1 is 1.25 bits per heavy atom. The molecule has 0 saturated heterocycles. The molecule has 0 bridgehead atoms. The summed E-state index contributed by atoms with van der Waals surface area (Å²) in [7, 11) is 3.19. The van der Waals surface area contributed by atoms with Crippen molar-refractivity contribution in [3.63, 3.8) is 0 Å². The van der Waals surface area contributed by atoms with Crippen molar-refractivity contribution in [3.8, 4) is 5.75 Å². The molecule has 0 fully saturated rings. The first kappa shape index (κ1) is 12.9. The number of nitrogens with one attached hydrogen (secondary N) is 1. The van der Waals surface area contributed by atoms with Gasteiger partial charge in [0.05, 0.1) is 13.7 Å². The molecule has 0 heterocycles. The van der Waals surface area contributed by atoms with Crippen LogP contribution >= 0.6 is 0 Å². The van der Waals surface area contributed by atoms with E-state index in [0.29, 0.717) is 24.3 Å². The van der Waals surface area contributed by atoms with Crippen molar-refractivity contribution < 1.29 is 13.9 Å². The van der Waals surface area contributed by atoms with Crippen LogP contribution < -0.4 is 10.1 Å². The lowest BCUT2D eigenvalue weighted by Gasteiger charge is -2.06. The summed E-state index contributed by atoms with van der Waals surface area (Å²) in [6.45, 7) is 2.20. The van der Waals surface area contributed by atoms with Crippen LogP contribution in [0.3, 0.4) is 0 Å². The van der Waals surface area contributed by atoms with Gasteiger partial charge in [-0.05, 0) is 24.6 Å². The highest BCUT2D eigenvalue weighted by Crippen LogP contribution is 2.16. The molecule has 1 N–H and O–H groups in total. The Balaban J connectivity index is 2.36. The summed E-state index contributed by atoms with van der Waals surface area (Å²) in [5, 5.41) is 3.17. The Kier molecular flexibility index (Phi) is 5.82. The van der Waals surface area contributed by atoms with Crippen LogP contribution in [0.15, 0.2) is 18.2 Å². The predicted molar refractivity (Wildman–Crippen MR) is 61.4 cm³/mol. The Bertz CT molecular complexity index is 318. The van der Waals surface area contributed by atoms with E-state index in [-0.39, 0.29) is 5.82 Å². The van der Waals surface area contributed by atoms with E-state index in [9.17, 15) is 4.39 Å². The maximum atomic E-state index is 13.5. The number of halogens is 1. The fraction of sp³-hybridized carbons (Fsp3) is 0.500. The highest BCUT2D eigenvalue weighted by molar-refractivity contribution is 5.29. The summed E-state index contributed by atoms with van der Waals surface area (Å²) < 4.78 is 23.3. The molecule has 16 heavy (non-hydrogen) atoms. The molecule has 3 nitrogen and oxygen atoms in total. The Morgan fingerprint density at radius 3 is 2.69 bits per heavy atom. The lowest BCUT2D eigenvalue weighted by molar-refractivity contribution is 0.199. The fourth-order valence-electron chi connectivity index (χ4n) is 1.38. The maximum absolute atomic E-state index is 13.5. The van der Waals surface area contributed by atoms with Gasteiger partial charge in [0, 0.05) is 19.7 Å². The molecular weight excluding hydrogens is 209 g/mol. The zero-order chi connectivity index (χ0) is 11.8. The number of methoxy groups -OCH3 is 2. The number of hydrogen-bond acceptors (Lipinski definition) is 3. The van der Waals surface area contributed by atoms with Gasteiger partial charge in [0.15, 0.2) is 0 Å². The van der Waals surface area contributed by atoms with E-state index in [0.717, 1.165) is 13.1 Å². The minimum Gasteiger partial charge on any atom is -0.497 e. The molecule has 0 saturated carbocycles. The van der Waals surface area contributed by atoms with Crippen molar-refractivity contribution in [2.24, 2.45) is 0 Å². The van der Waals surface area contributed by atoms with Crippen LogP contribution in [0.1, 0.15) is 5.56 Å². The third-order valence-corrected chi connectivity index (χ3v) is 2.31. The van der Waals surface area contributed by atoms with Gasteiger partial charge >= 0.3 is 0 Å². The molecule has 0 aliphatic carbocycles. The maximum Gasteiger partial charge on any atom is 0.130 e. The predicted octanol–water partition coefficient (Wildman–Crippen LogP) is 1.61. The molecule has 1 aromatic carbocycles. The lowest BCUT2D eigenvalue weighted by Crippen LogP contribution is -2.21. The van der Waals surface area contributed by atoms with Gasteiger partial charge in [-0.2, -0.15) is 0 Å². The van der Waals surface area contributed by atoms with Crippen LogP contribution in [-0.2, 0) is 11.2 Å². The second kappa shape index (κ2) is 7.19. The van der Waals surface area contributed by atoms with Crippen LogP contribution in [0.4, 0.5) is 4.39 Å². The number of hydrogen-bond donors (Lipinski definition) is 1. The average molecular weight is 227 g/mol. The van der Waals surface area contributed by atoms with Gasteiger partial charge in [-0.15, -0.1) is 0 Å². The standard InChI is InChI=1S/C12H18FNO2/c1-15-8-7-14-6-5-10-3-4-11(16-2)9-12(10)13/h3-4,9,14H,5-8H2,1-2H3. The van der Waals surface area contributed by atoms with E-state index < -0.39 is 0 Å². The van der Waals surface area contributed by atoms with Crippen LogP contribution in [0.5, 0.6) is 5.75 Å². The molecule has 0 aliphatic heterocycles.